The Labute approximate surface area is 410 Å². The first-order valence-corrected chi connectivity index (χ1v) is 27.6. The van der Waals surface area contributed by atoms with E-state index in [-0.39, 0.29) is 26.1 Å². The van der Waals surface area contributed by atoms with Crippen molar-refractivity contribution in [3.63, 3.8) is 0 Å². The van der Waals surface area contributed by atoms with Gasteiger partial charge in [0.2, 0.25) is 0 Å². The molecule has 7 N–H and O–H groups in total. The minimum atomic E-state index is -1.76. The van der Waals surface area contributed by atoms with Gasteiger partial charge in [-0.15, -0.1) is 0 Å². The zero-order valence-electron chi connectivity index (χ0n) is 42.6. The second-order valence-electron chi connectivity index (χ2n) is 19.8. The second kappa shape index (κ2) is 41.0. The van der Waals surface area contributed by atoms with E-state index in [1.165, 1.54) is 154 Å². The van der Waals surface area contributed by atoms with Crippen molar-refractivity contribution in [2.75, 3.05) is 26.4 Å². The Hall–Kier alpha value is -1.50. The summed E-state index contributed by atoms with van der Waals surface area (Å²) in [6.07, 6.45) is 22.7. The molecule has 0 saturated carbocycles. The molecule has 68 heavy (non-hydrogen) atoms. The Balaban J connectivity index is 1.75. The lowest BCUT2D eigenvalue weighted by atomic mass is 9.98. The average Bonchev–Trinajstić information content (AvgIpc) is 3.33. The lowest BCUT2D eigenvalue weighted by Crippen LogP contribution is -2.61. The highest BCUT2D eigenvalue weighted by Gasteiger charge is 2.47. The van der Waals surface area contributed by atoms with Crippen LogP contribution < -0.4 is 0 Å². The molecular formula is C53H100O15. The maximum atomic E-state index is 13.0. The first-order valence-electron chi connectivity index (χ1n) is 27.6. The largest absolute Gasteiger partial charge is 0.462 e. The summed E-state index contributed by atoms with van der Waals surface area (Å²) in [6, 6.07) is 0. The van der Waals surface area contributed by atoms with Gasteiger partial charge in [-0.05, 0) is 12.8 Å². The third-order valence-corrected chi connectivity index (χ3v) is 13.6. The summed E-state index contributed by atoms with van der Waals surface area (Å²) in [7, 11) is 0. The molecule has 2 fully saturated rings. The van der Waals surface area contributed by atoms with Gasteiger partial charge in [0.1, 0.15) is 55.4 Å². The molecule has 2 aliphatic rings. The maximum absolute atomic E-state index is 13.0. The van der Waals surface area contributed by atoms with Gasteiger partial charge in [0.25, 0.3) is 0 Å². The summed E-state index contributed by atoms with van der Waals surface area (Å²) in [6.45, 7) is 2.63. The molecule has 15 heteroatoms. The Kier molecular flexibility index (Phi) is 37.8. The Bertz CT molecular complexity index is 1190. The van der Waals surface area contributed by atoms with Gasteiger partial charge in [0, 0.05) is 12.8 Å². The number of carbonyl (C=O) groups excluding carboxylic acids is 2. The van der Waals surface area contributed by atoms with Gasteiger partial charge in [0.05, 0.1) is 19.8 Å². The molecular weight excluding hydrogens is 877 g/mol. The summed E-state index contributed by atoms with van der Waals surface area (Å²) in [5.74, 6) is -0.907. The van der Waals surface area contributed by atoms with Crippen molar-refractivity contribution in [1.82, 2.24) is 0 Å². The summed E-state index contributed by atoms with van der Waals surface area (Å²) in [5.41, 5.74) is 0. The SMILES string of the molecule is CCCCCCCCCCCCCCCCCCCCCC(=O)OC[C@@H](CO[C@@H]1O[C@H](CO[C@@H]2O[C@H](CO)[C@H](O)C(O)C2O)[C@H](O)C(O)C1O)OC(=O)CCCCCCCCCCCCCCC. The predicted octanol–water partition coefficient (Wildman–Crippen LogP) is 8.39. The van der Waals surface area contributed by atoms with E-state index in [9.17, 15) is 45.3 Å². The van der Waals surface area contributed by atoms with Crippen LogP contribution in [0.5, 0.6) is 0 Å². The second-order valence-corrected chi connectivity index (χ2v) is 19.8. The molecule has 402 valence electrons. The average molecular weight is 977 g/mol. The van der Waals surface area contributed by atoms with Crippen molar-refractivity contribution in [2.24, 2.45) is 0 Å². The van der Waals surface area contributed by atoms with Crippen molar-refractivity contribution in [2.45, 2.75) is 300 Å². The Morgan fingerprint density at radius 2 is 0.750 bits per heavy atom. The first-order chi connectivity index (χ1) is 33.0. The molecule has 2 aliphatic heterocycles. The Morgan fingerprint density at radius 1 is 0.412 bits per heavy atom. The zero-order chi connectivity index (χ0) is 49.6. The molecule has 0 aromatic heterocycles. The molecule has 2 rings (SSSR count). The number of rotatable bonds is 44. The normalized spacial score (nSPS) is 25.7. The fourth-order valence-corrected chi connectivity index (χ4v) is 9.04. The summed E-state index contributed by atoms with van der Waals surface area (Å²) >= 11 is 0. The maximum Gasteiger partial charge on any atom is 0.306 e. The molecule has 0 aliphatic carbocycles. The van der Waals surface area contributed by atoms with Crippen molar-refractivity contribution in [3.05, 3.63) is 0 Å². The molecule has 0 bridgehead atoms. The topological polar surface area (TPSA) is 231 Å². The number of carbonyl (C=O) groups is 2. The van der Waals surface area contributed by atoms with Crippen LogP contribution in [0.15, 0.2) is 0 Å². The van der Waals surface area contributed by atoms with Gasteiger partial charge < -0.3 is 64.2 Å². The van der Waals surface area contributed by atoms with Gasteiger partial charge in [-0.3, -0.25) is 9.59 Å². The molecule has 15 nitrogen and oxygen atoms in total. The van der Waals surface area contributed by atoms with E-state index in [2.05, 4.69) is 13.8 Å². The quantitative estimate of drug-likeness (QED) is 0.0225. The number of hydrogen-bond donors (Lipinski definition) is 7. The van der Waals surface area contributed by atoms with Crippen LogP contribution in [-0.2, 0) is 38.0 Å². The Morgan fingerprint density at radius 3 is 1.15 bits per heavy atom. The number of unbranched alkanes of at least 4 members (excludes halogenated alkanes) is 30. The highest BCUT2D eigenvalue weighted by molar-refractivity contribution is 5.70. The molecule has 2 saturated heterocycles. The van der Waals surface area contributed by atoms with Crippen LogP contribution in [0.1, 0.15) is 232 Å². The molecule has 0 amide bonds. The number of esters is 2. The van der Waals surface area contributed by atoms with Crippen LogP contribution in [0.3, 0.4) is 0 Å². The highest BCUT2D eigenvalue weighted by Crippen LogP contribution is 2.27. The van der Waals surface area contributed by atoms with Crippen molar-refractivity contribution in [3.8, 4) is 0 Å². The van der Waals surface area contributed by atoms with Crippen LogP contribution in [0.2, 0.25) is 0 Å². The standard InChI is InChI=1S/C53H100O15/c1-3-5-7-9-11-13-15-17-18-19-20-21-22-24-25-27-29-31-33-35-44(55)63-38-41(66-45(56)36-34-32-30-28-26-23-16-14-12-10-8-6-4-2)39-64-52-51(62)49(60)47(58)43(68-52)40-65-53-50(61)48(59)46(57)42(37-54)67-53/h41-43,46-54,57-62H,3-40H2,1-2H3/t41-,42+,43+,46-,47-,48?,49?,50?,51?,52+,53+/m0/s1. The molecule has 11 atom stereocenters. The molecule has 0 aromatic carbocycles. The third-order valence-electron chi connectivity index (χ3n) is 13.6. The van der Waals surface area contributed by atoms with Gasteiger partial charge in [-0.1, -0.05) is 206 Å². The molecule has 0 spiro atoms. The van der Waals surface area contributed by atoms with Crippen LogP contribution in [0.25, 0.3) is 0 Å². The number of aliphatic hydroxyl groups is 7. The van der Waals surface area contributed by atoms with Crippen LogP contribution >= 0.6 is 0 Å². The smallest absolute Gasteiger partial charge is 0.306 e. The fourth-order valence-electron chi connectivity index (χ4n) is 9.04. The van der Waals surface area contributed by atoms with Gasteiger partial charge in [-0.2, -0.15) is 0 Å². The summed E-state index contributed by atoms with van der Waals surface area (Å²) in [4.78, 5) is 25.8. The monoisotopic (exact) mass is 977 g/mol. The van der Waals surface area contributed by atoms with E-state index in [0.29, 0.717) is 12.8 Å². The highest BCUT2D eigenvalue weighted by atomic mass is 16.7. The fraction of sp³-hybridized carbons (Fsp3) is 0.962. The van der Waals surface area contributed by atoms with E-state index in [0.717, 1.165) is 38.5 Å². The van der Waals surface area contributed by atoms with E-state index >= 15 is 0 Å². The van der Waals surface area contributed by atoms with Gasteiger partial charge >= 0.3 is 11.9 Å². The van der Waals surface area contributed by atoms with Crippen molar-refractivity contribution >= 4 is 11.9 Å². The lowest BCUT2D eigenvalue weighted by Gasteiger charge is -2.42. The van der Waals surface area contributed by atoms with Crippen LogP contribution in [0, 0.1) is 0 Å². The van der Waals surface area contributed by atoms with E-state index in [1.807, 2.05) is 0 Å². The van der Waals surface area contributed by atoms with Gasteiger partial charge in [0.15, 0.2) is 18.7 Å². The summed E-state index contributed by atoms with van der Waals surface area (Å²) < 4.78 is 33.6. The van der Waals surface area contributed by atoms with Crippen molar-refractivity contribution < 1.29 is 73.8 Å². The van der Waals surface area contributed by atoms with Gasteiger partial charge in [-0.25, -0.2) is 0 Å². The molecule has 0 radical (unpaired) electrons. The van der Waals surface area contributed by atoms with E-state index in [1.54, 1.807) is 0 Å². The molecule has 0 aromatic rings. The number of hydrogen-bond acceptors (Lipinski definition) is 15. The third kappa shape index (κ3) is 28.5. The molecule has 4 unspecified atom stereocenters. The predicted molar refractivity (Wildman–Crippen MR) is 262 cm³/mol. The minimum absolute atomic E-state index is 0.173. The lowest BCUT2D eigenvalue weighted by molar-refractivity contribution is -0.332. The zero-order valence-corrected chi connectivity index (χ0v) is 42.6. The number of aliphatic hydroxyl groups excluding tert-OH is 7. The first kappa shape index (κ1) is 62.6. The van der Waals surface area contributed by atoms with Crippen molar-refractivity contribution in [1.29, 1.82) is 0 Å². The summed E-state index contributed by atoms with van der Waals surface area (Å²) in [5, 5.41) is 72.1. The van der Waals surface area contributed by atoms with E-state index in [4.69, 9.17) is 28.4 Å². The van der Waals surface area contributed by atoms with E-state index < -0.39 is 92.7 Å². The number of ether oxygens (including phenoxy) is 6. The van der Waals surface area contributed by atoms with Crippen LogP contribution in [0.4, 0.5) is 0 Å². The van der Waals surface area contributed by atoms with Crippen LogP contribution in [-0.4, -0.2) is 142 Å². The minimum Gasteiger partial charge on any atom is -0.462 e. The molecule has 2 heterocycles.